The number of amides is 2. The topological polar surface area (TPSA) is 35.6 Å². The fraction of sp³-hybridized carbons (Fsp3) is 0.348. The van der Waals surface area contributed by atoms with Crippen molar-refractivity contribution in [2.45, 2.75) is 19.8 Å². The van der Waals surface area contributed by atoms with Crippen LogP contribution in [0.4, 0.5) is 10.5 Å². The van der Waals surface area contributed by atoms with Crippen LogP contribution >= 0.6 is 0 Å². The Balaban J connectivity index is 1.43. The van der Waals surface area contributed by atoms with Gasteiger partial charge in [-0.15, -0.1) is 0 Å². The molecule has 142 valence electrons. The lowest BCUT2D eigenvalue weighted by atomic mass is 10.0. The van der Waals surface area contributed by atoms with Gasteiger partial charge in [-0.2, -0.15) is 0 Å². The number of nitrogens with zero attached hydrogens (tertiary/aromatic N) is 2. The molecule has 4 nitrogen and oxygen atoms in total. The number of piperazine rings is 1. The average molecular weight is 364 g/mol. The molecule has 2 aromatic carbocycles. The van der Waals surface area contributed by atoms with Gasteiger partial charge in [0.05, 0.1) is 0 Å². The zero-order valence-electron chi connectivity index (χ0n) is 16.3. The smallest absolute Gasteiger partial charge is 0.321 e. The first-order chi connectivity index (χ1) is 13.1. The van der Waals surface area contributed by atoms with Crippen molar-refractivity contribution in [2.24, 2.45) is 0 Å². The molecule has 0 saturated carbocycles. The Bertz CT molecular complexity index is 745. The van der Waals surface area contributed by atoms with E-state index in [-0.39, 0.29) is 6.03 Å². The quantitative estimate of drug-likeness (QED) is 0.838. The Hall–Kier alpha value is -2.59. The average Bonchev–Trinajstić information content (AvgIpc) is 2.70. The highest BCUT2D eigenvalue weighted by Gasteiger charge is 2.20. The maximum absolute atomic E-state index is 12.5. The maximum atomic E-state index is 12.5. The van der Waals surface area contributed by atoms with Crippen LogP contribution in [0.1, 0.15) is 30.9 Å². The van der Waals surface area contributed by atoms with E-state index in [0.29, 0.717) is 5.92 Å². The van der Waals surface area contributed by atoms with Gasteiger partial charge in [-0.05, 0) is 29.2 Å². The minimum atomic E-state index is -0.00762. The first kappa shape index (κ1) is 19.2. The van der Waals surface area contributed by atoms with Crippen LogP contribution < -0.4 is 5.32 Å². The fourth-order valence-corrected chi connectivity index (χ4v) is 3.19. The van der Waals surface area contributed by atoms with Gasteiger partial charge in [0.2, 0.25) is 0 Å². The zero-order valence-corrected chi connectivity index (χ0v) is 16.3. The van der Waals surface area contributed by atoms with Crippen molar-refractivity contribution < 1.29 is 4.79 Å². The number of nitrogens with one attached hydrogen (secondary N) is 1. The molecule has 1 fully saturated rings. The molecule has 4 heteroatoms. The van der Waals surface area contributed by atoms with Gasteiger partial charge in [0.15, 0.2) is 0 Å². The molecule has 0 radical (unpaired) electrons. The molecule has 0 unspecified atom stereocenters. The number of anilines is 1. The molecule has 0 bridgehead atoms. The minimum Gasteiger partial charge on any atom is -0.322 e. The van der Waals surface area contributed by atoms with Crippen molar-refractivity contribution in [1.29, 1.82) is 0 Å². The van der Waals surface area contributed by atoms with Gasteiger partial charge in [0.1, 0.15) is 0 Å². The Labute approximate surface area is 162 Å². The van der Waals surface area contributed by atoms with E-state index in [0.717, 1.165) is 38.4 Å². The molecule has 1 N–H and O–H groups in total. The third-order valence-electron chi connectivity index (χ3n) is 4.96. The summed E-state index contributed by atoms with van der Waals surface area (Å²) in [5.41, 5.74) is 3.36. The second-order valence-corrected chi connectivity index (χ2v) is 7.31. The van der Waals surface area contributed by atoms with E-state index in [1.165, 1.54) is 11.1 Å². The van der Waals surface area contributed by atoms with Gasteiger partial charge in [-0.3, -0.25) is 4.90 Å². The van der Waals surface area contributed by atoms with Crippen LogP contribution in [-0.4, -0.2) is 48.6 Å². The van der Waals surface area contributed by atoms with E-state index in [2.05, 4.69) is 60.5 Å². The van der Waals surface area contributed by atoms with Crippen LogP contribution in [0.25, 0.3) is 6.08 Å². The molecule has 0 aromatic heterocycles. The molecule has 2 amide bonds. The Morgan fingerprint density at radius 2 is 1.67 bits per heavy atom. The molecule has 0 aliphatic carbocycles. The van der Waals surface area contributed by atoms with E-state index in [1.54, 1.807) is 0 Å². The van der Waals surface area contributed by atoms with Crippen LogP contribution in [0.2, 0.25) is 0 Å². The number of urea groups is 1. The van der Waals surface area contributed by atoms with E-state index in [9.17, 15) is 4.79 Å². The SMILES string of the molecule is CC(C)c1ccc(NC(=O)N2CCN(C/C=C/c3ccccc3)CC2)cc1. The summed E-state index contributed by atoms with van der Waals surface area (Å²) in [7, 11) is 0. The highest BCUT2D eigenvalue weighted by Crippen LogP contribution is 2.17. The standard InChI is InChI=1S/C23H29N3O/c1-19(2)21-10-12-22(13-11-21)24-23(27)26-17-15-25(16-18-26)14-6-9-20-7-4-3-5-8-20/h3-13,19H,14-18H2,1-2H3,(H,24,27)/b9-6+. The Morgan fingerprint density at radius 3 is 2.30 bits per heavy atom. The number of hydrogen-bond donors (Lipinski definition) is 1. The van der Waals surface area contributed by atoms with Crippen LogP contribution in [0.15, 0.2) is 60.7 Å². The van der Waals surface area contributed by atoms with E-state index < -0.39 is 0 Å². The van der Waals surface area contributed by atoms with Crippen molar-refractivity contribution in [2.75, 3.05) is 38.0 Å². The van der Waals surface area contributed by atoms with E-state index in [1.807, 2.05) is 35.2 Å². The lowest BCUT2D eigenvalue weighted by Crippen LogP contribution is -2.49. The second-order valence-electron chi connectivity index (χ2n) is 7.31. The number of carbonyl (C=O) groups excluding carboxylic acids is 1. The number of hydrogen-bond acceptors (Lipinski definition) is 2. The minimum absolute atomic E-state index is 0.00762. The lowest BCUT2D eigenvalue weighted by molar-refractivity contribution is 0.156. The summed E-state index contributed by atoms with van der Waals surface area (Å²) in [6.07, 6.45) is 4.35. The number of benzene rings is 2. The molecule has 0 spiro atoms. The highest BCUT2D eigenvalue weighted by atomic mass is 16.2. The van der Waals surface area contributed by atoms with Gasteiger partial charge in [0.25, 0.3) is 0 Å². The van der Waals surface area contributed by atoms with Gasteiger partial charge in [-0.25, -0.2) is 4.79 Å². The summed E-state index contributed by atoms with van der Waals surface area (Å²) in [5, 5.41) is 3.01. The molecule has 1 heterocycles. The Kier molecular flexibility index (Phi) is 6.66. The monoisotopic (exact) mass is 363 g/mol. The molecule has 0 atom stereocenters. The number of carbonyl (C=O) groups is 1. The molecule has 27 heavy (non-hydrogen) atoms. The van der Waals surface area contributed by atoms with E-state index >= 15 is 0 Å². The van der Waals surface area contributed by atoms with Crippen molar-refractivity contribution in [3.8, 4) is 0 Å². The first-order valence-electron chi connectivity index (χ1n) is 9.71. The third kappa shape index (κ3) is 5.69. The van der Waals surface area contributed by atoms with Crippen molar-refractivity contribution >= 4 is 17.8 Å². The Morgan fingerprint density at radius 1 is 1.00 bits per heavy atom. The second kappa shape index (κ2) is 9.38. The summed E-state index contributed by atoms with van der Waals surface area (Å²) >= 11 is 0. The van der Waals surface area contributed by atoms with Crippen molar-refractivity contribution in [3.05, 3.63) is 71.8 Å². The summed E-state index contributed by atoms with van der Waals surface area (Å²) in [6.45, 7) is 8.58. The maximum Gasteiger partial charge on any atom is 0.321 e. The normalized spacial score (nSPS) is 15.4. The predicted molar refractivity (Wildman–Crippen MR) is 113 cm³/mol. The molecule has 1 aliphatic heterocycles. The fourth-order valence-electron chi connectivity index (χ4n) is 3.19. The zero-order chi connectivity index (χ0) is 19.1. The van der Waals surface area contributed by atoms with Crippen LogP contribution in [0.3, 0.4) is 0 Å². The van der Waals surface area contributed by atoms with Crippen LogP contribution in [-0.2, 0) is 0 Å². The van der Waals surface area contributed by atoms with Gasteiger partial charge in [-0.1, -0.05) is 68.5 Å². The largest absolute Gasteiger partial charge is 0.322 e. The van der Waals surface area contributed by atoms with Gasteiger partial charge < -0.3 is 10.2 Å². The van der Waals surface area contributed by atoms with Crippen LogP contribution in [0.5, 0.6) is 0 Å². The van der Waals surface area contributed by atoms with E-state index in [4.69, 9.17) is 0 Å². The first-order valence-corrected chi connectivity index (χ1v) is 9.71. The molecule has 3 rings (SSSR count). The third-order valence-corrected chi connectivity index (χ3v) is 4.96. The number of rotatable bonds is 5. The van der Waals surface area contributed by atoms with Crippen molar-refractivity contribution in [1.82, 2.24) is 9.80 Å². The summed E-state index contributed by atoms with van der Waals surface area (Å²) in [4.78, 5) is 16.7. The lowest BCUT2D eigenvalue weighted by Gasteiger charge is -2.34. The van der Waals surface area contributed by atoms with Crippen molar-refractivity contribution in [3.63, 3.8) is 0 Å². The molecule has 1 aliphatic rings. The summed E-state index contributed by atoms with van der Waals surface area (Å²) in [6, 6.07) is 18.5. The van der Waals surface area contributed by atoms with Gasteiger partial charge >= 0.3 is 6.03 Å². The van der Waals surface area contributed by atoms with Crippen LogP contribution in [0, 0.1) is 0 Å². The summed E-state index contributed by atoms with van der Waals surface area (Å²) in [5.74, 6) is 0.499. The molecule has 2 aromatic rings. The molecular formula is C23H29N3O. The molecular weight excluding hydrogens is 334 g/mol. The highest BCUT2D eigenvalue weighted by molar-refractivity contribution is 5.89. The summed E-state index contributed by atoms with van der Waals surface area (Å²) < 4.78 is 0. The van der Waals surface area contributed by atoms with Gasteiger partial charge in [0, 0.05) is 38.4 Å². The molecule has 1 saturated heterocycles. The predicted octanol–water partition coefficient (Wildman–Crippen LogP) is 4.67.